The molecule has 0 aliphatic rings. The second-order valence-corrected chi connectivity index (χ2v) is 4.06. The Morgan fingerprint density at radius 3 is 1.67 bits per heavy atom. The Morgan fingerprint density at radius 2 is 1.33 bits per heavy atom. The molecular formula is C12H12F5N. The largest absolute Gasteiger partial charge is 0.327 e. The zero-order chi connectivity index (χ0) is 14.0. The minimum absolute atomic E-state index is 0.0306. The van der Waals surface area contributed by atoms with Crippen molar-refractivity contribution in [3.63, 3.8) is 0 Å². The van der Waals surface area contributed by atoms with Gasteiger partial charge in [0.05, 0.1) is 5.56 Å². The molecule has 100 valence electrons. The van der Waals surface area contributed by atoms with Gasteiger partial charge in [0.15, 0.2) is 23.3 Å². The molecule has 1 nitrogen and oxygen atoms in total. The lowest BCUT2D eigenvalue weighted by atomic mass is 9.99. The molecule has 0 aromatic heterocycles. The highest BCUT2D eigenvalue weighted by Gasteiger charge is 2.24. The molecule has 0 radical (unpaired) electrons. The second kappa shape index (κ2) is 5.48. The number of halogens is 5. The van der Waals surface area contributed by atoms with E-state index in [0.717, 1.165) is 6.08 Å². The predicted molar refractivity (Wildman–Crippen MR) is 58.1 cm³/mol. The maximum atomic E-state index is 13.4. The maximum absolute atomic E-state index is 13.4. The van der Waals surface area contributed by atoms with Crippen LogP contribution >= 0.6 is 0 Å². The smallest absolute Gasteiger partial charge is 0.200 e. The predicted octanol–water partition coefficient (Wildman–Crippen LogP) is 3.38. The van der Waals surface area contributed by atoms with Crippen LogP contribution in [0.4, 0.5) is 22.0 Å². The second-order valence-electron chi connectivity index (χ2n) is 4.06. The third-order valence-electron chi connectivity index (χ3n) is 2.55. The van der Waals surface area contributed by atoms with Crippen molar-refractivity contribution in [2.24, 2.45) is 11.7 Å². The number of nitrogens with two attached hydrogens (primary N) is 1. The van der Waals surface area contributed by atoms with Gasteiger partial charge in [-0.2, -0.15) is 0 Å². The molecule has 1 rings (SSSR count). The van der Waals surface area contributed by atoms with Crippen LogP contribution in [-0.2, 0) is 0 Å². The molecule has 0 bridgehead atoms. The monoisotopic (exact) mass is 265 g/mol. The molecule has 2 N–H and O–H groups in total. The first-order valence-electron chi connectivity index (χ1n) is 5.23. The molecule has 0 aliphatic carbocycles. The van der Waals surface area contributed by atoms with E-state index in [1.807, 2.05) is 0 Å². The highest BCUT2D eigenvalue weighted by atomic mass is 19.2. The van der Waals surface area contributed by atoms with Crippen molar-refractivity contribution in [3.8, 4) is 0 Å². The third kappa shape index (κ3) is 2.53. The molecule has 0 saturated heterocycles. The van der Waals surface area contributed by atoms with Crippen LogP contribution in [0.1, 0.15) is 19.4 Å². The van der Waals surface area contributed by atoms with Gasteiger partial charge in [-0.15, -0.1) is 0 Å². The molecule has 0 heterocycles. The molecule has 0 amide bonds. The van der Waals surface area contributed by atoms with E-state index in [0.29, 0.717) is 5.57 Å². The average Bonchev–Trinajstić information content (AvgIpc) is 2.34. The first-order valence-corrected chi connectivity index (χ1v) is 5.23. The summed E-state index contributed by atoms with van der Waals surface area (Å²) in [7, 11) is 0. The van der Waals surface area contributed by atoms with Gasteiger partial charge in [0.25, 0.3) is 0 Å². The van der Waals surface area contributed by atoms with E-state index in [1.165, 1.54) is 0 Å². The van der Waals surface area contributed by atoms with E-state index in [1.54, 1.807) is 13.8 Å². The van der Waals surface area contributed by atoms with Gasteiger partial charge in [-0.25, -0.2) is 22.0 Å². The molecule has 0 fully saturated rings. The summed E-state index contributed by atoms with van der Waals surface area (Å²) in [4.78, 5) is 0. The van der Waals surface area contributed by atoms with Crippen LogP contribution in [0.3, 0.4) is 0 Å². The molecule has 0 atom stereocenters. The van der Waals surface area contributed by atoms with Gasteiger partial charge in [0.2, 0.25) is 5.82 Å². The quantitative estimate of drug-likeness (QED) is 0.506. The van der Waals surface area contributed by atoms with Crippen molar-refractivity contribution in [2.45, 2.75) is 13.8 Å². The molecule has 6 heteroatoms. The zero-order valence-electron chi connectivity index (χ0n) is 9.83. The zero-order valence-corrected chi connectivity index (χ0v) is 9.83. The van der Waals surface area contributed by atoms with Crippen molar-refractivity contribution < 1.29 is 22.0 Å². The fraction of sp³-hybridized carbons (Fsp3) is 0.333. The van der Waals surface area contributed by atoms with Gasteiger partial charge in [-0.3, -0.25) is 0 Å². The Labute approximate surface area is 101 Å². The standard InChI is InChI=1S/C12H12F5N/c1-5(2)6(4-18)3-7-8(13)10(15)12(17)11(16)9(7)14/h3,5H,4,18H2,1-2H3. The summed E-state index contributed by atoms with van der Waals surface area (Å²) in [5, 5.41) is 0. The third-order valence-corrected chi connectivity index (χ3v) is 2.55. The molecule has 0 saturated carbocycles. The van der Waals surface area contributed by atoms with Crippen LogP contribution in [-0.4, -0.2) is 6.54 Å². The van der Waals surface area contributed by atoms with Crippen molar-refractivity contribution in [1.82, 2.24) is 0 Å². The Morgan fingerprint density at radius 1 is 0.944 bits per heavy atom. The van der Waals surface area contributed by atoms with Gasteiger partial charge in [-0.1, -0.05) is 19.4 Å². The normalized spacial score (nSPS) is 12.4. The van der Waals surface area contributed by atoms with Crippen molar-refractivity contribution in [2.75, 3.05) is 6.54 Å². The van der Waals surface area contributed by atoms with Gasteiger partial charge in [0.1, 0.15) is 0 Å². The van der Waals surface area contributed by atoms with E-state index in [-0.39, 0.29) is 12.5 Å². The van der Waals surface area contributed by atoms with Crippen LogP contribution in [0.5, 0.6) is 0 Å². The van der Waals surface area contributed by atoms with Gasteiger partial charge in [0, 0.05) is 6.54 Å². The van der Waals surface area contributed by atoms with Crippen LogP contribution in [0, 0.1) is 35.0 Å². The SMILES string of the molecule is CC(C)C(=Cc1c(F)c(F)c(F)c(F)c1F)CN. The maximum Gasteiger partial charge on any atom is 0.200 e. The Kier molecular flexibility index (Phi) is 4.45. The van der Waals surface area contributed by atoms with Gasteiger partial charge in [-0.05, 0) is 12.0 Å². The van der Waals surface area contributed by atoms with Gasteiger partial charge >= 0.3 is 0 Å². The fourth-order valence-electron chi connectivity index (χ4n) is 1.40. The number of hydrogen-bond donors (Lipinski definition) is 1. The number of hydrogen-bond acceptors (Lipinski definition) is 1. The lowest BCUT2D eigenvalue weighted by Crippen LogP contribution is -2.10. The molecule has 0 aliphatic heterocycles. The Hall–Kier alpha value is -1.43. The molecule has 18 heavy (non-hydrogen) atoms. The van der Waals surface area contributed by atoms with E-state index >= 15 is 0 Å². The molecule has 1 aromatic rings. The average molecular weight is 265 g/mol. The van der Waals surface area contributed by atoms with E-state index in [9.17, 15) is 22.0 Å². The number of benzene rings is 1. The van der Waals surface area contributed by atoms with Crippen LogP contribution in [0.15, 0.2) is 5.57 Å². The van der Waals surface area contributed by atoms with Crippen LogP contribution in [0.25, 0.3) is 6.08 Å². The summed E-state index contributed by atoms with van der Waals surface area (Å²) in [6.07, 6.45) is 0.904. The van der Waals surface area contributed by atoms with Crippen molar-refractivity contribution in [1.29, 1.82) is 0 Å². The van der Waals surface area contributed by atoms with Gasteiger partial charge < -0.3 is 5.73 Å². The fourth-order valence-corrected chi connectivity index (χ4v) is 1.40. The molecule has 1 aromatic carbocycles. The lowest BCUT2D eigenvalue weighted by molar-refractivity contribution is 0.376. The van der Waals surface area contributed by atoms with Crippen LogP contribution in [0.2, 0.25) is 0 Å². The van der Waals surface area contributed by atoms with Crippen molar-refractivity contribution in [3.05, 3.63) is 40.2 Å². The molecule has 0 spiro atoms. The topological polar surface area (TPSA) is 26.0 Å². The van der Waals surface area contributed by atoms with E-state index < -0.39 is 34.6 Å². The summed E-state index contributed by atoms with van der Waals surface area (Å²) < 4.78 is 65.4. The van der Waals surface area contributed by atoms with Crippen molar-refractivity contribution >= 4 is 6.08 Å². The molecule has 0 unspecified atom stereocenters. The minimum atomic E-state index is -2.17. The van der Waals surface area contributed by atoms with E-state index in [4.69, 9.17) is 5.73 Å². The minimum Gasteiger partial charge on any atom is -0.327 e. The molecular weight excluding hydrogens is 253 g/mol. The van der Waals surface area contributed by atoms with E-state index in [2.05, 4.69) is 0 Å². The Bertz CT molecular complexity index is 465. The highest BCUT2D eigenvalue weighted by Crippen LogP contribution is 2.25. The van der Waals surface area contributed by atoms with Crippen LogP contribution < -0.4 is 5.73 Å². The summed E-state index contributed by atoms with van der Waals surface area (Å²) >= 11 is 0. The summed E-state index contributed by atoms with van der Waals surface area (Å²) in [5.41, 5.74) is 4.78. The summed E-state index contributed by atoms with van der Waals surface area (Å²) in [6.45, 7) is 3.37. The first-order chi connectivity index (χ1) is 8.31. The lowest BCUT2D eigenvalue weighted by Gasteiger charge is -2.10. The Balaban J connectivity index is 3.51. The first kappa shape index (κ1) is 14.6. The highest BCUT2D eigenvalue weighted by molar-refractivity contribution is 5.55. The number of rotatable bonds is 3. The summed E-state index contributed by atoms with van der Waals surface area (Å²) in [6, 6.07) is 0. The summed E-state index contributed by atoms with van der Waals surface area (Å²) in [5.74, 6) is -9.94.